The molecule has 1 aliphatic rings. The first-order valence-corrected chi connectivity index (χ1v) is 47.6. The minimum atomic E-state index is -0.421. The van der Waals surface area contributed by atoms with Gasteiger partial charge in [0.05, 0.1) is 45.0 Å². The van der Waals surface area contributed by atoms with Crippen molar-refractivity contribution in [1.82, 2.24) is 18.8 Å². The number of aromatic nitrogens is 4. The third kappa shape index (κ3) is 14.0. The molecule has 0 saturated carbocycles. The lowest BCUT2D eigenvalue weighted by molar-refractivity contribution is 0.00578. The molecule has 0 aliphatic carbocycles. The van der Waals surface area contributed by atoms with E-state index in [1.807, 2.05) is 6.07 Å². The molecular weight excluding hydrogens is 1720 g/mol. The smallest absolute Gasteiger partial charge is 0.399 e. The molecule has 6 nitrogen and oxygen atoms in total. The van der Waals surface area contributed by atoms with Gasteiger partial charge in [-0.2, -0.15) is 0 Å². The van der Waals surface area contributed by atoms with Gasteiger partial charge in [0, 0.05) is 48.3 Å². The molecule has 1 fully saturated rings. The van der Waals surface area contributed by atoms with Crippen LogP contribution in [0.2, 0.25) is 0 Å². The van der Waals surface area contributed by atoms with Gasteiger partial charge in [-0.1, -0.05) is 416 Å². The number of hydrogen-bond acceptors (Lipinski definition) is 4. The van der Waals surface area contributed by atoms with Gasteiger partial charge in [-0.25, -0.2) is 9.97 Å². The molecule has 26 aromatic rings. The highest BCUT2D eigenvalue weighted by atomic mass is 79.9. The maximum absolute atomic E-state index is 6.41. The fourth-order valence-corrected chi connectivity index (χ4v) is 21.5. The van der Waals surface area contributed by atoms with Crippen LogP contribution in [0.15, 0.2) is 466 Å². The highest BCUT2D eigenvalue weighted by Crippen LogP contribution is 2.51. The molecular formula is C128H88BBrN4O2. The van der Waals surface area contributed by atoms with Gasteiger partial charge < -0.3 is 9.31 Å². The summed E-state index contributed by atoms with van der Waals surface area (Å²) in [6, 6.07) is 167. The van der Waals surface area contributed by atoms with E-state index in [1.165, 1.54) is 153 Å². The van der Waals surface area contributed by atoms with Crippen molar-refractivity contribution < 1.29 is 9.31 Å². The molecule has 0 N–H and O–H groups in total. The van der Waals surface area contributed by atoms with Crippen molar-refractivity contribution in [3.8, 4) is 101 Å². The number of halogens is 1. The predicted molar refractivity (Wildman–Crippen MR) is 579 cm³/mol. The summed E-state index contributed by atoms with van der Waals surface area (Å²) in [6.45, 7) is 8.37. The Balaban J connectivity index is 0.000000116. The highest BCUT2D eigenvalue weighted by molar-refractivity contribution is 9.10. The fraction of sp³-hybridized carbons (Fsp3) is 0.0469. The van der Waals surface area contributed by atoms with Gasteiger partial charge in [0.25, 0.3) is 0 Å². The Kier molecular flexibility index (Phi) is 20.0. The lowest BCUT2D eigenvalue weighted by atomic mass is 9.78. The average Bonchev–Trinajstić information content (AvgIpc) is 1.47. The second-order valence-corrected chi connectivity index (χ2v) is 37.8. The summed E-state index contributed by atoms with van der Waals surface area (Å²) < 4.78 is 18.6. The Hall–Kier alpha value is -16.2. The topological polar surface area (TPSA) is 53.1 Å². The zero-order valence-corrected chi connectivity index (χ0v) is 77.0. The maximum atomic E-state index is 6.41. The van der Waals surface area contributed by atoms with Gasteiger partial charge in [-0.15, -0.1) is 0 Å². The van der Waals surface area contributed by atoms with Crippen LogP contribution in [0.25, 0.3) is 241 Å². The number of benzene rings is 22. The van der Waals surface area contributed by atoms with Gasteiger partial charge in [-0.05, 0) is 246 Å². The molecule has 4 aromatic heterocycles. The Labute approximate surface area is 796 Å². The SMILES string of the molecule is Brc1ccc2c(-c3ccc4ccccc4c3)c3ccccc3c(-c3ccc4ccccc4c3)c2c1.CC1(C)OB(c2ccc3c(c2)c2ccccc2c2nc(-c4ccccc4)c(-c4ccccc4)n32)OC1(C)C.c1ccc(-c2nc3c4ccccc4c4cc(-c5ccc6c(-c7ccc8ccccc8c7)c7ccccc7c(-c7ccc8ccccc8c7)c6c5)ccc4n3c2-c2ccccc2)cc1. The van der Waals surface area contributed by atoms with E-state index in [4.69, 9.17) is 19.3 Å². The molecule has 0 atom stereocenters. The lowest BCUT2D eigenvalue weighted by Gasteiger charge is -2.32. The number of imidazole rings is 2. The van der Waals surface area contributed by atoms with Gasteiger partial charge in [0.2, 0.25) is 0 Å². The van der Waals surface area contributed by atoms with E-state index in [9.17, 15) is 0 Å². The molecule has 0 bridgehead atoms. The van der Waals surface area contributed by atoms with Crippen LogP contribution in [-0.4, -0.2) is 37.1 Å². The van der Waals surface area contributed by atoms with Crippen LogP contribution in [0.3, 0.4) is 0 Å². The van der Waals surface area contributed by atoms with E-state index in [-0.39, 0.29) is 0 Å². The van der Waals surface area contributed by atoms with E-state index < -0.39 is 18.3 Å². The third-order valence-corrected chi connectivity index (χ3v) is 28.9. The second kappa shape index (κ2) is 33.2. The van der Waals surface area contributed by atoms with E-state index in [2.05, 4.69) is 507 Å². The Morgan fingerprint density at radius 2 is 0.493 bits per heavy atom. The largest absolute Gasteiger partial charge is 0.494 e. The fourth-order valence-electron chi connectivity index (χ4n) is 21.2. The third-order valence-electron chi connectivity index (χ3n) is 28.4. The Morgan fingerprint density at radius 3 is 0.882 bits per heavy atom. The van der Waals surface area contributed by atoms with Gasteiger partial charge in [0.15, 0.2) is 0 Å². The Bertz CT molecular complexity index is 9320. The quantitative estimate of drug-likeness (QED) is 0.0778. The molecule has 5 heterocycles. The first-order chi connectivity index (χ1) is 66.8. The highest BCUT2D eigenvalue weighted by Gasteiger charge is 2.52. The summed E-state index contributed by atoms with van der Waals surface area (Å²) in [5.74, 6) is 0. The molecule has 0 unspecified atom stereocenters. The average molecular weight is 1800 g/mol. The number of rotatable bonds is 10. The minimum absolute atomic E-state index is 0.395. The second-order valence-electron chi connectivity index (χ2n) is 36.9. The summed E-state index contributed by atoms with van der Waals surface area (Å²) in [5, 5.41) is 27.0. The van der Waals surface area contributed by atoms with Crippen LogP contribution < -0.4 is 5.46 Å². The molecule has 0 spiro atoms. The van der Waals surface area contributed by atoms with Gasteiger partial charge in [-0.3, -0.25) is 8.80 Å². The standard InChI is InChI=1S/C61H38N2.C34H21Br.C33H29BN2O2/c1-3-17-41(18-4-1)59-60(42-19-5-2-6-20-42)63-56-34-32-46(37-54(56)49-23-11-14-26-53(49)61(63)62-59)45-31-33-52-55(38-45)58(48-30-28-40-16-8-10-22-44(40)36-48)51-25-13-12-24-50(51)57(52)47-29-27-39-15-7-9-21-43(39)35-47;35-28-17-18-31-32(21-28)34(27-16-14-23-8-2-4-10-25(23)20-27)30-12-6-5-11-29(30)33(31)26-15-13-22-7-1-3-9-24(22)19-26;1-32(2)33(3,4)38-34(37-32)24-19-20-28-27(21-24)25-17-11-12-18-26(25)31-35-29(22-13-7-5-8-14-22)30(36(28)31)23-15-9-6-10-16-23/h1-38H;1-21H;5-21H,1-4H3. The molecule has 136 heavy (non-hydrogen) atoms. The van der Waals surface area contributed by atoms with Gasteiger partial charge in [0.1, 0.15) is 11.3 Å². The monoisotopic (exact) mass is 1800 g/mol. The van der Waals surface area contributed by atoms with E-state index in [0.717, 1.165) is 98.8 Å². The van der Waals surface area contributed by atoms with Crippen molar-refractivity contribution in [1.29, 1.82) is 0 Å². The zero-order valence-electron chi connectivity index (χ0n) is 75.4. The van der Waals surface area contributed by atoms with Gasteiger partial charge >= 0.3 is 7.12 Å². The van der Waals surface area contributed by atoms with Crippen molar-refractivity contribution >= 4 is 169 Å². The van der Waals surface area contributed by atoms with Crippen LogP contribution in [0.4, 0.5) is 0 Å². The van der Waals surface area contributed by atoms with Crippen LogP contribution in [0.1, 0.15) is 27.7 Å². The summed E-state index contributed by atoms with van der Waals surface area (Å²) in [7, 11) is -0.421. The van der Waals surface area contributed by atoms with E-state index in [0.29, 0.717) is 0 Å². The molecule has 0 radical (unpaired) electrons. The summed E-state index contributed by atoms with van der Waals surface area (Å²) in [6.07, 6.45) is 0. The summed E-state index contributed by atoms with van der Waals surface area (Å²) in [5.41, 5.74) is 25.3. The van der Waals surface area contributed by atoms with Crippen molar-refractivity contribution in [3.05, 3.63) is 466 Å². The van der Waals surface area contributed by atoms with Crippen molar-refractivity contribution in [2.24, 2.45) is 0 Å². The number of fused-ring (bicyclic) bond motifs is 20. The molecule has 22 aromatic carbocycles. The number of nitrogens with zero attached hydrogens (tertiary/aromatic N) is 4. The van der Waals surface area contributed by atoms with Crippen LogP contribution in [-0.2, 0) is 9.31 Å². The maximum Gasteiger partial charge on any atom is 0.494 e. The molecule has 1 aliphatic heterocycles. The normalized spacial score (nSPS) is 13.1. The molecule has 1 saturated heterocycles. The molecule has 27 rings (SSSR count). The number of hydrogen-bond donors (Lipinski definition) is 0. The lowest BCUT2D eigenvalue weighted by Crippen LogP contribution is -2.41. The Morgan fingerprint density at radius 1 is 0.213 bits per heavy atom. The van der Waals surface area contributed by atoms with Crippen LogP contribution >= 0.6 is 15.9 Å². The first kappa shape index (κ1) is 81.8. The van der Waals surface area contributed by atoms with Crippen LogP contribution in [0, 0.1) is 0 Å². The molecule has 642 valence electrons. The van der Waals surface area contributed by atoms with E-state index >= 15 is 0 Å². The minimum Gasteiger partial charge on any atom is -0.399 e. The summed E-state index contributed by atoms with van der Waals surface area (Å²) in [4.78, 5) is 10.7. The van der Waals surface area contributed by atoms with Crippen molar-refractivity contribution in [2.75, 3.05) is 0 Å². The van der Waals surface area contributed by atoms with Crippen molar-refractivity contribution in [2.45, 2.75) is 38.9 Å². The number of pyridine rings is 2. The molecule has 0 amide bonds. The van der Waals surface area contributed by atoms with E-state index in [1.54, 1.807) is 0 Å². The van der Waals surface area contributed by atoms with Crippen molar-refractivity contribution in [3.63, 3.8) is 0 Å². The predicted octanol–water partition coefficient (Wildman–Crippen LogP) is 34.3. The first-order valence-electron chi connectivity index (χ1n) is 46.8. The molecule has 8 heteroatoms. The summed E-state index contributed by atoms with van der Waals surface area (Å²) >= 11 is 3.76. The zero-order chi connectivity index (χ0) is 90.9. The van der Waals surface area contributed by atoms with Crippen LogP contribution in [0.5, 0.6) is 0 Å².